The van der Waals surface area contributed by atoms with E-state index in [0.29, 0.717) is 5.56 Å². The molecule has 0 bridgehead atoms. The van der Waals surface area contributed by atoms with Crippen LogP contribution in [0.3, 0.4) is 0 Å². The fraction of sp³-hybridized carbons (Fsp3) is 0.200. The van der Waals surface area contributed by atoms with Crippen LogP contribution >= 0.6 is 0 Å². The molecular weight excluding hydrogens is 436 g/mol. The van der Waals surface area contributed by atoms with Gasteiger partial charge >= 0.3 is 0 Å². The first-order valence-corrected chi connectivity index (χ1v) is 11.5. The molecule has 1 atom stereocenters. The van der Waals surface area contributed by atoms with Crippen molar-refractivity contribution < 1.29 is 21.9 Å². The summed E-state index contributed by atoms with van der Waals surface area (Å²) < 4.78 is 50.8. The van der Waals surface area contributed by atoms with Crippen LogP contribution in [0.5, 0.6) is 0 Å². The van der Waals surface area contributed by atoms with Gasteiger partial charge in [0, 0.05) is 18.3 Å². The first-order chi connectivity index (χ1) is 14.1. The Hall–Kier alpha value is -2.98. The summed E-state index contributed by atoms with van der Waals surface area (Å²) in [6.45, 7) is -0.341. The molecule has 0 radical (unpaired) electrons. The van der Waals surface area contributed by atoms with Crippen molar-refractivity contribution in [2.24, 2.45) is 10.9 Å². The average molecular weight is 454 g/mol. The number of H-pyrrole nitrogens is 1. The van der Waals surface area contributed by atoms with Crippen LogP contribution in [0.25, 0.3) is 22.5 Å². The van der Waals surface area contributed by atoms with Crippen LogP contribution in [-0.4, -0.2) is 66.0 Å². The fourth-order valence-corrected chi connectivity index (χ4v) is 5.91. The van der Waals surface area contributed by atoms with E-state index in [9.17, 15) is 21.9 Å². The maximum atomic E-state index is 12.9. The molecule has 160 valence electrons. The van der Waals surface area contributed by atoms with Crippen molar-refractivity contribution >= 4 is 25.7 Å². The van der Waals surface area contributed by atoms with Crippen molar-refractivity contribution in [2.45, 2.75) is 15.9 Å². The van der Waals surface area contributed by atoms with Crippen LogP contribution in [0.1, 0.15) is 0 Å². The second kappa shape index (κ2) is 8.04. The molecule has 0 unspecified atom stereocenters. The molecule has 0 aliphatic rings. The minimum atomic E-state index is -4.63. The Balaban J connectivity index is 2.44. The lowest BCUT2D eigenvalue weighted by atomic mass is 9.99. The van der Waals surface area contributed by atoms with Crippen LogP contribution in [0.4, 0.5) is 5.82 Å². The summed E-state index contributed by atoms with van der Waals surface area (Å²) in [6, 6.07) is 5.50. The number of tetrazole rings is 1. The molecule has 13 nitrogen and oxygen atoms in total. The van der Waals surface area contributed by atoms with Crippen LogP contribution < -0.4 is 16.6 Å². The van der Waals surface area contributed by atoms with Gasteiger partial charge in [0.25, 0.3) is 0 Å². The topological polar surface area (TPSA) is 234 Å². The minimum absolute atomic E-state index is 0.0526. The van der Waals surface area contributed by atoms with E-state index in [1.165, 1.54) is 12.3 Å². The van der Waals surface area contributed by atoms with Gasteiger partial charge < -0.3 is 16.6 Å². The third-order valence-electron chi connectivity index (χ3n) is 4.12. The van der Waals surface area contributed by atoms with E-state index in [-0.39, 0.29) is 29.3 Å². The van der Waals surface area contributed by atoms with Crippen molar-refractivity contribution in [3.8, 4) is 22.5 Å². The number of hydrogen-bond acceptors (Lipinski definition) is 11. The highest BCUT2D eigenvalue weighted by Gasteiger charge is 2.33. The smallest absolute Gasteiger partial charge is 0.240 e. The fourth-order valence-electron chi connectivity index (χ4n) is 2.86. The Morgan fingerprint density at radius 3 is 2.43 bits per heavy atom. The third kappa shape index (κ3) is 4.14. The zero-order valence-corrected chi connectivity index (χ0v) is 16.9. The van der Waals surface area contributed by atoms with Crippen LogP contribution in [0, 0.1) is 0 Å². The van der Waals surface area contributed by atoms with Gasteiger partial charge in [-0.1, -0.05) is 6.07 Å². The highest BCUT2D eigenvalue weighted by Crippen LogP contribution is 2.40. The van der Waals surface area contributed by atoms with Gasteiger partial charge in [0.05, 0.1) is 22.3 Å². The zero-order valence-electron chi connectivity index (χ0n) is 15.3. The maximum absolute atomic E-state index is 12.9. The number of benzene rings is 1. The Bertz CT molecular complexity index is 1280. The van der Waals surface area contributed by atoms with E-state index in [0.717, 1.165) is 6.07 Å². The molecule has 2 aromatic heterocycles. The SMILES string of the molecule is NC[C@H](O)CS(=O)(=O)c1ccc(-c2cccnc2N)c(-c2nn[nH]n2)c1S(N)(=O)=O. The number of nitrogens with one attached hydrogen (secondary N) is 1. The molecule has 0 fully saturated rings. The van der Waals surface area contributed by atoms with E-state index in [2.05, 4.69) is 25.6 Å². The molecule has 3 rings (SSSR count). The Morgan fingerprint density at radius 1 is 1.13 bits per heavy atom. The maximum Gasteiger partial charge on any atom is 0.240 e. The van der Waals surface area contributed by atoms with Crippen LogP contribution in [-0.2, 0) is 19.9 Å². The Kier molecular flexibility index (Phi) is 5.82. The lowest BCUT2D eigenvalue weighted by molar-refractivity contribution is 0.205. The van der Waals surface area contributed by atoms with Crippen LogP contribution in [0.15, 0.2) is 40.3 Å². The minimum Gasteiger partial charge on any atom is -0.391 e. The summed E-state index contributed by atoms with van der Waals surface area (Å²) in [7, 11) is -8.96. The monoisotopic (exact) mass is 454 g/mol. The first kappa shape index (κ1) is 21.7. The normalized spacial score (nSPS) is 13.3. The number of nitrogen functional groups attached to an aromatic ring is 1. The molecule has 0 spiro atoms. The number of aromatic amines is 1. The molecule has 1 aromatic carbocycles. The van der Waals surface area contributed by atoms with Gasteiger partial charge in [0.2, 0.25) is 15.8 Å². The molecule has 0 saturated heterocycles. The Labute approximate surface area is 171 Å². The second-order valence-electron chi connectivity index (χ2n) is 6.20. The van der Waals surface area contributed by atoms with E-state index < -0.39 is 41.5 Å². The molecule has 15 heteroatoms. The van der Waals surface area contributed by atoms with Gasteiger partial charge in [-0.25, -0.2) is 27.0 Å². The molecule has 8 N–H and O–H groups in total. The number of pyridine rings is 1. The standard InChI is InChI=1S/C15H18N8O5S2/c16-6-8(24)7-29(25,26)11-4-3-9(10-2-1-5-19-14(10)17)12(13(11)30(18,27)28)15-20-22-23-21-15/h1-5,8,24H,6-7,16H2,(H2,17,19)(H2,18,27,28)(H,20,21,22,23)/t8-/m0/s1. The van der Waals surface area contributed by atoms with Crippen molar-refractivity contribution in [3.63, 3.8) is 0 Å². The number of aliphatic hydroxyl groups is 1. The molecule has 0 saturated carbocycles. The molecule has 0 amide bonds. The number of aliphatic hydroxyl groups excluding tert-OH is 1. The molecule has 2 heterocycles. The predicted molar refractivity (Wildman–Crippen MR) is 106 cm³/mol. The van der Waals surface area contributed by atoms with E-state index >= 15 is 0 Å². The number of nitrogens with two attached hydrogens (primary N) is 3. The van der Waals surface area contributed by atoms with Gasteiger partial charge in [0.1, 0.15) is 10.7 Å². The number of aromatic nitrogens is 5. The summed E-state index contributed by atoms with van der Waals surface area (Å²) in [5.74, 6) is -0.989. The van der Waals surface area contributed by atoms with Crippen molar-refractivity contribution in [1.82, 2.24) is 25.6 Å². The average Bonchev–Trinajstić information content (AvgIpc) is 3.20. The highest BCUT2D eigenvalue weighted by atomic mass is 32.2. The van der Waals surface area contributed by atoms with Gasteiger partial charge in [0.15, 0.2) is 9.84 Å². The quantitative estimate of drug-likeness (QED) is 0.268. The molecular formula is C15H18N8O5S2. The summed E-state index contributed by atoms with van der Waals surface area (Å²) in [4.78, 5) is 2.57. The number of sulfonamides is 1. The summed E-state index contributed by atoms with van der Waals surface area (Å²) >= 11 is 0. The van der Waals surface area contributed by atoms with E-state index in [1.54, 1.807) is 12.1 Å². The summed E-state index contributed by atoms with van der Waals surface area (Å²) in [5.41, 5.74) is 11.5. The lowest BCUT2D eigenvalue weighted by Crippen LogP contribution is -2.30. The van der Waals surface area contributed by atoms with Crippen molar-refractivity contribution in [2.75, 3.05) is 18.0 Å². The lowest BCUT2D eigenvalue weighted by Gasteiger charge is -2.17. The largest absolute Gasteiger partial charge is 0.391 e. The van der Waals surface area contributed by atoms with Crippen molar-refractivity contribution in [1.29, 1.82) is 0 Å². The van der Waals surface area contributed by atoms with Crippen molar-refractivity contribution in [3.05, 3.63) is 30.5 Å². The van der Waals surface area contributed by atoms with Crippen LogP contribution in [0.2, 0.25) is 0 Å². The molecule has 30 heavy (non-hydrogen) atoms. The second-order valence-corrected chi connectivity index (χ2v) is 9.70. The molecule has 3 aromatic rings. The zero-order chi connectivity index (χ0) is 22.1. The van der Waals surface area contributed by atoms with E-state index in [1.807, 2.05) is 0 Å². The predicted octanol–water partition coefficient (Wildman–Crippen LogP) is -1.75. The Morgan fingerprint density at radius 2 is 1.87 bits per heavy atom. The number of rotatable bonds is 7. The highest BCUT2D eigenvalue weighted by molar-refractivity contribution is 7.93. The number of primary sulfonamides is 1. The summed E-state index contributed by atoms with van der Waals surface area (Å²) in [6.07, 6.45) is 0.0195. The molecule has 0 aliphatic carbocycles. The first-order valence-electron chi connectivity index (χ1n) is 8.31. The third-order valence-corrected chi connectivity index (χ3v) is 7.08. The molecule has 0 aliphatic heterocycles. The number of hydrogen-bond donors (Lipinski definition) is 5. The van der Waals surface area contributed by atoms with Gasteiger partial charge in [-0.2, -0.15) is 5.21 Å². The van der Waals surface area contributed by atoms with E-state index in [4.69, 9.17) is 16.6 Å². The number of anilines is 1. The van der Waals surface area contributed by atoms with Gasteiger partial charge in [-0.3, -0.25) is 0 Å². The van der Waals surface area contributed by atoms with Gasteiger partial charge in [-0.15, -0.1) is 10.2 Å². The number of sulfone groups is 1. The van der Waals surface area contributed by atoms with Gasteiger partial charge in [-0.05, 0) is 29.0 Å². The summed E-state index contributed by atoms with van der Waals surface area (Å²) in [5, 5.41) is 28.3. The number of nitrogens with zero attached hydrogens (tertiary/aromatic N) is 4.